The largest absolute Gasteiger partial charge is 0.391 e. The van der Waals surface area contributed by atoms with Crippen molar-refractivity contribution in [3.8, 4) is 0 Å². The van der Waals surface area contributed by atoms with Crippen molar-refractivity contribution in [2.75, 3.05) is 0 Å². The molecule has 3 nitrogen and oxygen atoms in total. The topological polar surface area (TPSA) is 43.4 Å². The van der Waals surface area contributed by atoms with E-state index in [1.807, 2.05) is 0 Å². The summed E-state index contributed by atoms with van der Waals surface area (Å²) < 4.78 is 42.8. The molecule has 2 unspecified atom stereocenters. The Morgan fingerprint density at radius 3 is 2.53 bits per heavy atom. The lowest BCUT2D eigenvalue weighted by Crippen LogP contribution is -2.38. The second-order valence-corrected chi connectivity index (χ2v) is 3.64. The fourth-order valence-electron chi connectivity index (χ4n) is 1.41. The second-order valence-electron chi connectivity index (χ2n) is 3.04. The number of cyclic esters (lactones) is 2. The molecule has 0 radical (unpaired) electrons. The number of halogens is 4. The van der Waals surface area contributed by atoms with Crippen molar-refractivity contribution < 1.29 is 27.5 Å². The zero-order valence-electron chi connectivity index (χ0n) is 6.89. The standard InChI is InChI=1S/C8H2ClF3O3/c9-8-2(6(13)15-7(8)14)1-3(10)4(11)5(8)12/h1-2H. The highest BCUT2D eigenvalue weighted by Crippen LogP contribution is 2.48. The van der Waals surface area contributed by atoms with Gasteiger partial charge in [0.15, 0.2) is 17.5 Å². The number of allylic oxidation sites excluding steroid dienone is 2. The third kappa shape index (κ3) is 1.08. The molecule has 1 aliphatic heterocycles. The summed E-state index contributed by atoms with van der Waals surface area (Å²) in [6.07, 6.45) is 0.429. The number of hydrogen-bond donors (Lipinski definition) is 0. The van der Waals surface area contributed by atoms with Gasteiger partial charge in [0.05, 0.1) is 0 Å². The molecular formula is C8H2ClF3O3. The van der Waals surface area contributed by atoms with Crippen LogP contribution in [0.4, 0.5) is 13.2 Å². The Balaban J connectivity index is 2.64. The van der Waals surface area contributed by atoms with Gasteiger partial charge >= 0.3 is 11.9 Å². The maximum atomic E-state index is 13.2. The fourth-order valence-corrected chi connectivity index (χ4v) is 1.69. The van der Waals surface area contributed by atoms with E-state index in [0.29, 0.717) is 6.08 Å². The summed E-state index contributed by atoms with van der Waals surface area (Å²) in [7, 11) is 0. The first-order valence-corrected chi connectivity index (χ1v) is 4.15. The van der Waals surface area contributed by atoms with E-state index in [-0.39, 0.29) is 0 Å². The molecule has 1 aliphatic carbocycles. The quantitative estimate of drug-likeness (QED) is 0.366. The van der Waals surface area contributed by atoms with E-state index in [9.17, 15) is 22.8 Å². The lowest BCUT2D eigenvalue weighted by molar-refractivity contribution is -0.153. The highest BCUT2D eigenvalue weighted by Gasteiger charge is 2.62. The minimum Gasteiger partial charge on any atom is -0.391 e. The van der Waals surface area contributed by atoms with Crippen LogP contribution in [0.2, 0.25) is 0 Å². The summed E-state index contributed by atoms with van der Waals surface area (Å²) in [5.41, 5.74) is 0. The maximum absolute atomic E-state index is 13.2. The molecule has 0 N–H and O–H groups in total. The Hall–Kier alpha value is -1.30. The number of carbonyl (C=O) groups excluding carboxylic acids is 2. The Labute approximate surface area is 86.1 Å². The molecule has 80 valence electrons. The second kappa shape index (κ2) is 2.85. The number of hydrogen-bond acceptors (Lipinski definition) is 3. The number of alkyl halides is 1. The third-order valence-electron chi connectivity index (χ3n) is 2.21. The average Bonchev–Trinajstić information content (AvgIpc) is 2.39. The zero-order valence-corrected chi connectivity index (χ0v) is 7.65. The van der Waals surface area contributed by atoms with E-state index in [1.165, 1.54) is 0 Å². The van der Waals surface area contributed by atoms with Gasteiger partial charge in [-0.15, -0.1) is 0 Å². The summed E-state index contributed by atoms with van der Waals surface area (Å²) in [6.45, 7) is 0. The molecule has 2 aliphatic rings. The van der Waals surface area contributed by atoms with Crippen molar-refractivity contribution in [3.05, 3.63) is 23.6 Å². The predicted octanol–water partition coefficient (Wildman–Crippen LogP) is 1.68. The average molecular weight is 239 g/mol. The van der Waals surface area contributed by atoms with Gasteiger partial charge in [-0.2, -0.15) is 0 Å². The SMILES string of the molecule is O=C1OC(=O)C2(Cl)C(F)=C(F)C(F)=CC12. The van der Waals surface area contributed by atoms with Crippen LogP contribution in [0.15, 0.2) is 23.6 Å². The van der Waals surface area contributed by atoms with E-state index >= 15 is 0 Å². The molecule has 0 amide bonds. The van der Waals surface area contributed by atoms with Gasteiger partial charge in [0.2, 0.25) is 4.87 Å². The maximum Gasteiger partial charge on any atom is 0.343 e. The fraction of sp³-hybridized carbons (Fsp3) is 0.250. The van der Waals surface area contributed by atoms with E-state index in [4.69, 9.17) is 11.6 Å². The molecular weight excluding hydrogens is 237 g/mol. The molecule has 0 bridgehead atoms. The number of rotatable bonds is 0. The Morgan fingerprint density at radius 2 is 1.93 bits per heavy atom. The summed E-state index contributed by atoms with van der Waals surface area (Å²) in [6, 6.07) is 0. The van der Waals surface area contributed by atoms with Gasteiger partial charge in [-0.05, 0) is 6.08 Å². The lowest BCUT2D eigenvalue weighted by Gasteiger charge is -2.22. The normalized spacial score (nSPS) is 35.2. The molecule has 2 atom stereocenters. The number of fused-ring (bicyclic) bond motifs is 1. The molecule has 1 heterocycles. The molecule has 0 aromatic carbocycles. The van der Waals surface area contributed by atoms with Gasteiger partial charge in [0.25, 0.3) is 0 Å². The molecule has 0 aromatic rings. The first kappa shape index (κ1) is 10.2. The van der Waals surface area contributed by atoms with Crippen LogP contribution in [0.3, 0.4) is 0 Å². The number of carbonyl (C=O) groups is 2. The molecule has 1 fully saturated rings. The monoisotopic (exact) mass is 238 g/mol. The van der Waals surface area contributed by atoms with Crippen LogP contribution in [0, 0.1) is 5.92 Å². The van der Waals surface area contributed by atoms with Gasteiger partial charge in [0.1, 0.15) is 5.92 Å². The van der Waals surface area contributed by atoms with Crippen LogP contribution < -0.4 is 0 Å². The van der Waals surface area contributed by atoms with Gasteiger partial charge < -0.3 is 4.74 Å². The van der Waals surface area contributed by atoms with Crippen molar-refractivity contribution in [2.45, 2.75) is 4.87 Å². The predicted molar refractivity (Wildman–Crippen MR) is 41.6 cm³/mol. The molecule has 0 spiro atoms. The Bertz CT molecular complexity index is 442. The first-order valence-electron chi connectivity index (χ1n) is 3.77. The first-order chi connectivity index (χ1) is 6.89. The van der Waals surface area contributed by atoms with Crippen LogP contribution in [0.1, 0.15) is 0 Å². The number of esters is 2. The molecule has 0 aromatic heterocycles. The molecule has 7 heteroatoms. The van der Waals surface area contributed by atoms with Crippen LogP contribution in [0.5, 0.6) is 0 Å². The molecule has 2 rings (SSSR count). The van der Waals surface area contributed by atoms with Crippen LogP contribution in [-0.2, 0) is 14.3 Å². The minimum absolute atomic E-state index is 0.429. The van der Waals surface area contributed by atoms with Crippen molar-refractivity contribution in [1.82, 2.24) is 0 Å². The smallest absolute Gasteiger partial charge is 0.343 e. The van der Waals surface area contributed by atoms with Gasteiger partial charge in [-0.25, -0.2) is 18.0 Å². The van der Waals surface area contributed by atoms with Crippen molar-refractivity contribution in [3.63, 3.8) is 0 Å². The Kier molecular flexibility index (Phi) is 1.94. The minimum atomic E-state index is -2.59. The highest BCUT2D eigenvalue weighted by molar-refractivity contribution is 6.40. The van der Waals surface area contributed by atoms with E-state index in [1.54, 1.807) is 0 Å². The summed E-state index contributed by atoms with van der Waals surface area (Å²) in [5.74, 6) is -9.58. The van der Waals surface area contributed by atoms with Crippen LogP contribution in [0.25, 0.3) is 0 Å². The summed E-state index contributed by atoms with van der Waals surface area (Å²) in [4.78, 5) is 19.4. The number of ether oxygens (including phenoxy) is 1. The van der Waals surface area contributed by atoms with Gasteiger partial charge in [0, 0.05) is 0 Å². The van der Waals surface area contributed by atoms with Crippen molar-refractivity contribution in [1.29, 1.82) is 0 Å². The third-order valence-corrected chi connectivity index (χ3v) is 2.76. The zero-order chi connectivity index (χ0) is 11.4. The highest BCUT2D eigenvalue weighted by atomic mass is 35.5. The molecule has 0 saturated carbocycles. The van der Waals surface area contributed by atoms with E-state index in [0.717, 1.165) is 0 Å². The molecule has 1 saturated heterocycles. The van der Waals surface area contributed by atoms with Crippen LogP contribution in [-0.4, -0.2) is 16.8 Å². The van der Waals surface area contributed by atoms with Crippen LogP contribution >= 0.6 is 11.6 Å². The van der Waals surface area contributed by atoms with E-state index < -0.39 is 40.2 Å². The molecule has 15 heavy (non-hydrogen) atoms. The summed E-state index contributed by atoms with van der Waals surface area (Å²) in [5, 5.41) is 0. The van der Waals surface area contributed by atoms with Gasteiger partial charge in [-0.3, -0.25) is 4.79 Å². The van der Waals surface area contributed by atoms with Crippen molar-refractivity contribution >= 4 is 23.5 Å². The Morgan fingerprint density at radius 1 is 1.33 bits per heavy atom. The van der Waals surface area contributed by atoms with E-state index in [2.05, 4.69) is 4.74 Å². The van der Waals surface area contributed by atoms with Gasteiger partial charge in [-0.1, -0.05) is 11.6 Å². The lowest BCUT2D eigenvalue weighted by atomic mass is 9.88. The summed E-state index contributed by atoms with van der Waals surface area (Å²) >= 11 is 5.45. The van der Waals surface area contributed by atoms with Crippen molar-refractivity contribution in [2.24, 2.45) is 5.92 Å².